The predicted molar refractivity (Wildman–Crippen MR) is 282 cm³/mol. The third-order valence-corrected chi connectivity index (χ3v) is 15.3. The van der Waals surface area contributed by atoms with Crippen molar-refractivity contribution in [1.82, 2.24) is 4.57 Å². The lowest BCUT2D eigenvalue weighted by Crippen LogP contribution is -2.16. The lowest BCUT2D eigenvalue weighted by atomic mass is 9.82. The van der Waals surface area contributed by atoms with Crippen LogP contribution in [0.1, 0.15) is 25.0 Å². The van der Waals surface area contributed by atoms with E-state index >= 15 is 0 Å². The van der Waals surface area contributed by atoms with Crippen molar-refractivity contribution in [3.05, 3.63) is 242 Å². The summed E-state index contributed by atoms with van der Waals surface area (Å²) in [5.41, 5.74) is 19.5. The van der Waals surface area contributed by atoms with Crippen LogP contribution in [-0.4, -0.2) is 4.57 Å². The molecule has 2 nitrogen and oxygen atoms in total. The van der Waals surface area contributed by atoms with Crippen LogP contribution in [0.3, 0.4) is 0 Å². The molecule has 12 aromatic rings. The predicted octanol–water partition coefficient (Wildman–Crippen LogP) is 17.9. The second-order valence-corrected chi connectivity index (χ2v) is 19.1. The first-order valence-corrected chi connectivity index (χ1v) is 23.6. The molecule has 1 aliphatic carbocycles. The molecule has 0 amide bonds. The molecule has 0 atom stereocenters. The molecule has 13 rings (SSSR count). The lowest BCUT2D eigenvalue weighted by molar-refractivity contribution is 0.660. The van der Waals surface area contributed by atoms with Gasteiger partial charge in [-0.05, 0) is 111 Å². The molecule has 0 N–H and O–H groups in total. The maximum absolute atomic E-state index is 2.42. The first kappa shape index (κ1) is 38.5. The molecule has 2 heterocycles. The SMILES string of the molecule is CC1(C)c2ccccc2-c2ccc(N(c3ccc(-c4ccc(-c5ccccc5-n5c6ccccc6c6ccccc65)cc4)cc3)c3ccc(-c4cccc5c4sc4ccccc45)cc3)cc21. The van der Waals surface area contributed by atoms with Crippen molar-refractivity contribution in [2.45, 2.75) is 19.3 Å². The summed E-state index contributed by atoms with van der Waals surface area (Å²) in [4.78, 5) is 2.42. The fourth-order valence-electron chi connectivity index (χ4n) is 10.8. The van der Waals surface area contributed by atoms with E-state index in [0.29, 0.717) is 0 Å². The van der Waals surface area contributed by atoms with Gasteiger partial charge >= 0.3 is 0 Å². The van der Waals surface area contributed by atoms with Crippen LogP contribution in [0.5, 0.6) is 0 Å². The quantitative estimate of drug-likeness (QED) is 0.155. The van der Waals surface area contributed by atoms with Gasteiger partial charge in [-0.25, -0.2) is 0 Å². The number of hydrogen-bond donors (Lipinski definition) is 0. The van der Waals surface area contributed by atoms with Gasteiger partial charge in [-0.1, -0.05) is 184 Å². The van der Waals surface area contributed by atoms with Gasteiger partial charge in [0.05, 0.1) is 16.7 Å². The molecule has 0 bridgehead atoms. The number of hydrogen-bond acceptors (Lipinski definition) is 2. The smallest absolute Gasteiger partial charge is 0.0541 e. The Labute approximate surface area is 388 Å². The summed E-state index contributed by atoms with van der Waals surface area (Å²) >= 11 is 1.88. The van der Waals surface area contributed by atoms with Gasteiger partial charge in [-0.15, -0.1) is 11.3 Å². The molecule has 0 radical (unpaired) electrons. The van der Waals surface area contributed by atoms with Crippen molar-refractivity contribution in [3.63, 3.8) is 0 Å². The van der Waals surface area contributed by atoms with Crippen LogP contribution in [0.2, 0.25) is 0 Å². The topological polar surface area (TPSA) is 8.17 Å². The summed E-state index contributed by atoms with van der Waals surface area (Å²) in [6.45, 7) is 4.72. The van der Waals surface area contributed by atoms with Gasteiger partial charge in [0.1, 0.15) is 0 Å². The van der Waals surface area contributed by atoms with E-state index in [4.69, 9.17) is 0 Å². The molecule has 0 saturated carbocycles. The third-order valence-electron chi connectivity index (χ3n) is 14.0. The second kappa shape index (κ2) is 15.1. The van der Waals surface area contributed by atoms with E-state index < -0.39 is 0 Å². The standard InChI is InChI=1S/C63H44N2S/c1-63(2)56-21-8-3-15-50(56)51-39-38-47(40-57(51)63)64(46-36-32-44(33-37-46)49-19-13-20-55-54-18-7-12-25-61(54)66-62(49)55)45-34-30-42(31-35-45)41-26-28-43(29-27-41)48-14-4-9-22-58(48)65-59-23-10-5-16-52(59)53-17-6-11-24-60(53)65/h3-40H,1-2H3. The number of anilines is 3. The zero-order valence-corrected chi connectivity index (χ0v) is 37.6. The Kier molecular flexibility index (Phi) is 8.78. The Balaban J connectivity index is 0.868. The molecular weight excluding hydrogens is 817 g/mol. The molecule has 0 unspecified atom stereocenters. The highest BCUT2D eigenvalue weighted by molar-refractivity contribution is 7.26. The van der Waals surface area contributed by atoms with Crippen molar-refractivity contribution in [3.8, 4) is 50.2 Å². The highest BCUT2D eigenvalue weighted by Gasteiger charge is 2.35. The monoisotopic (exact) mass is 860 g/mol. The molecule has 1 aliphatic rings. The Hall–Kier alpha value is -7.98. The molecule has 312 valence electrons. The van der Waals surface area contributed by atoms with E-state index in [1.807, 2.05) is 11.3 Å². The average molecular weight is 861 g/mol. The van der Waals surface area contributed by atoms with Crippen molar-refractivity contribution in [2.24, 2.45) is 0 Å². The number of thiophene rings is 1. The average Bonchev–Trinajstić information content (AvgIpc) is 4.00. The van der Waals surface area contributed by atoms with Crippen molar-refractivity contribution < 1.29 is 0 Å². The number of benzene rings is 10. The summed E-state index contributed by atoms with van der Waals surface area (Å²) < 4.78 is 5.07. The molecule has 0 spiro atoms. The first-order valence-electron chi connectivity index (χ1n) is 22.8. The summed E-state index contributed by atoms with van der Waals surface area (Å²) in [6, 6.07) is 85.0. The van der Waals surface area contributed by atoms with E-state index in [1.165, 1.54) is 103 Å². The molecule has 0 aliphatic heterocycles. The Bertz CT molecular complexity index is 3780. The van der Waals surface area contributed by atoms with Crippen molar-refractivity contribution >= 4 is 70.4 Å². The maximum Gasteiger partial charge on any atom is 0.0541 e. The normalized spacial score (nSPS) is 12.8. The molecule has 0 fully saturated rings. The van der Waals surface area contributed by atoms with Gasteiger partial charge < -0.3 is 9.47 Å². The number of aromatic nitrogens is 1. The van der Waals surface area contributed by atoms with Crippen LogP contribution in [0.25, 0.3) is 92.2 Å². The molecule has 2 aromatic heterocycles. The van der Waals surface area contributed by atoms with Crippen LogP contribution in [0.15, 0.2) is 231 Å². The maximum atomic E-state index is 2.42. The van der Waals surface area contributed by atoms with Crippen molar-refractivity contribution in [1.29, 1.82) is 0 Å². The van der Waals surface area contributed by atoms with Gasteiger partial charge in [0.15, 0.2) is 0 Å². The summed E-state index contributed by atoms with van der Waals surface area (Å²) in [6.07, 6.45) is 0. The minimum Gasteiger partial charge on any atom is -0.310 e. The van der Waals surface area contributed by atoms with Gasteiger partial charge in [-0.2, -0.15) is 0 Å². The molecule has 10 aromatic carbocycles. The van der Waals surface area contributed by atoms with Gasteiger partial charge in [-0.3, -0.25) is 0 Å². The number of fused-ring (bicyclic) bond motifs is 9. The van der Waals surface area contributed by atoms with Crippen LogP contribution in [0, 0.1) is 0 Å². The van der Waals surface area contributed by atoms with Crippen LogP contribution >= 0.6 is 11.3 Å². The minimum atomic E-state index is -0.111. The highest BCUT2D eigenvalue weighted by atomic mass is 32.1. The van der Waals surface area contributed by atoms with E-state index in [9.17, 15) is 0 Å². The molecular formula is C63H44N2S. The lowest BCUT2D eigenvalue weighted by Gasteiger charge is -2.28. The van der Waals surface area contributed by atoms with Gasteiger partial charge in [0, 0.05) is 59.0 Å². The Morgan fingerprint density at radius 1 is 0.364 bits per heavy atom. The van der Waals surface area contributed by atoms with Gasteiger partial charge in [0.2, 0.25) is 0 Å². The molecule has 3 heteroatoms. The molecule has 66 heavy (non-hydrogen) atoms. The zero-order valence-electron chi connectivity index (χ0n) is 36.7. The second-order valence-electron chi connectivity index (χ2n) is 18.1. The zero-order chi connectivity index (χ0) is 43.9. The minimum absolute atomic E-state index is 0.111. The molecule has 0 saturated heterocycles. The fraction of sp³-hybridized carbons (Fsp3) is 0.0476. The van der Waals surface area contributed by atoms with E-state index in [0.717, 1.165) is 17.1 Å². The fourth-order valence-corrected chi connectivity index (χ4v) is 12.0. The van der Waals surface area contributed by atoms with Crippen molar-refractivity contribution in [2.75, 3.05) is 4.90 Å². The number of nitrogens with zero attached hydrogens (tertiary/aromatic N) is 2. The van der Waals surface area contributed by atoms with Crippen LogP contribution in [-0.2, 0) is 5.41 Å². The van der Waals surface area contributed by atoms with E-state index in [-0.39, 0.29) is 5.41 Å². The van der Waals surface area contributed by atoms with Gasteiger partial charge in [0.25, 0.3) is 0 Å². The third kappa shape index (κ3) is 6.01. The first-order chi connectivity index (χ1) is 32.5. The highest BCUT2D eigenvalue weighted by Crippen LogP contribution is 2.51. The Morgan fingerprint density at radius 2 is 0.848 bits per heavy atom. The summed E-state index contributed by atoms with van der Waals surface area (Å²) in [7, 11) is 0. The van der Waals surface area contributed by atoms with E-state index in [2.05, 4.69) is 254 Å². The largest absolute Gasteiger partial charge is 0.310 e. The number of rotatable bonds is 7. The number of para-hydroxylation sites is 3. The Morgan fingerprint density at radius 3 is 1.56 bits per heavy atom. The van der Waals surface area contributed by atoms with E-state index in [1.54, 1.807) is 0 Å². The van der Waals surface area contributed by atoms with Crippen LogP contribution < -0.4 is 4.90 Å². The van der Waals surface area contributed by atoms with Crippen LogP contribution in [0.4, 0.5) is 17.1 Å². The summed E-state index contributed by atoms with van der Waals surface area (Å²) in [5, 5.41) is 5.18. The summed E-state index contributed by atoms with van der Waals surface area (Å²) in [5.74, 6) is 0.